The molecule has 0 heterocycles. The van der Waals surface area contributed by atoms with Gasteiger partial charge in [0.05, 0.1) is 6.10 Å². The Kier molecular flexibility index (Phi) is 3.92. The van der Waals surface area contributed by atoms with Crippen LogP contribution in [0.5, 0.6) is 0 Å². The number of hydrogen-bond acceptors (Lipinski definition) is 1. The van der Waals surface area contributed by atoms with Crippen molar-refractivity contribution in [1.29, 1.82) is 0 Å². The highest BCUT2D eigenvalue weighted by Gasteiger charge is 2.24. The largest absolute Gasteiger partial charge is 0.393 e. The molecule has 0 spiro atoms. The van der Waals surface area contributed by atoms with Gasteiger partial charge in [-0.3, -0.25) is 0 Å². The van der Waals surface area contributed by atoms with Crippen LogP contribution in [0, 0.1) is 5.92 Å². The molecule has 0 radical (unpaired) electrons. The zero-order valence-corrected chi connectivity index (χ0v) is 7.18. The molecule has 1 rings (SSSR count). The lowest BCUT2D eigenvalue weighted by atomic mass is 9.99. The van der Waals surface area contributed by atoms with Crippen molar-refractivity contribution >= 4 is 0 Å². The Morgan fingerprint density at radius 1 is 1.33 bits per heavy atom. The van der Waals surface area contributed by atoms with Gasteiger partial charge in [0.1, 0.15) is 0 Å². The minimum atomic E-state index is -2.18. The van der Waals surface area contributed by atoms with Crippen LogP contribution in [0.4, 0.5) is 8.78 Å². The van der Waals surface area contributed by atoms with Crippen molar-refractivity contribution in [2.75, 3.05) is 0 Å². The van der Waals surface area contributed by atoms with Gasteiger partial charge in [0, 0.05) is 6.42 Å². The maximum atomic E-state index is 11.7. The summed E-state index contributed by atoms with van der Waals surface area (Å²) < 4.78 is 23.5. The molecule has 0 bridgehead atoms. The van der Waals surface area contributed by atoms with Crippen molar-refractivity contribution < 1.29 is 13.9 Å². The van der Waals surface area contributed by atoms with Crippen molar-refractivity contribution in [3.05, 3.63) is 0 Å². The standard InChI is InChI=1S/C9H16F2O/c10-9(11)6-2-4-7-3-1-5-8(7)12/h7-9,12H,1-6H2/t7-,8+/m0/s1. The Bertz CT molecular complexity index is 128. The van der Waals surface area contributed by atoms with Crippen molar-refractivity contribution in [3.63, 3.8) is 0 Å². The van der Waals surface area contributed by atoms with E-state index in [9.17, 15) is 13.9 Å². The average Bonchev–Trinajstić information content (AvgIpc) is 2.36. The van der Waals surface area contributed by atoms with E-state index in [1.54, 1.807) is 0 Å². The predicted molar refractivity (Wildman–Crippen MR) is 43.2 cm³/mol. The third-order valence-electron chi connectivity index (χ3n) is 2.62. The Hall–Kier alpha value is -0.180. The monoisotopic (exact) mass is 178 g/mol. The molecule has 0 aromatic heterocycles. The normalized spacial score (nSPS) is 30.0. The van der Waals surface area contributed by atoms with Crippen LogP contribution in [-0.2, 0) is 0 Å². The molecular weight excluding hydrogens is 162 g/mol. The number of aliphatic hydroxyl groups is 1. The molecule has 1 nitrogen and oxygen atoms in total. The summed E-state index contributed by atoms with van der Waals surface area (Å²) in [6.07, 6.45) is 1.85. The van der Waals surface area contributed by atoms with Crippen molar-refractivity contribution in [3.8, 4) is 0 Å². The quantitative estimate of drug-likeness (QED) is 0.701. The molecular formula is C9H16F2O. The first-order valence-electron chi connectivity index (χ1n) is 4.66. The zero-order chi connectivity index (χ0) is 8.97. The van der Waals surface area contributed by atoms with Gasteiger partial charge < -0.3 is 5.11 Å². The fourth-order valence-electron chi connectivity index (χ4n) is 1.89. The number of rotatable bonds is 4. The number of alkyl halides is 2. The lowest BCUT2D eigenvalue weighted by Gasteiger charge is -2.13. The van der Waals surface area contributed by atoms with E-state index in [0.717, 1.165) is 25.7 Å². The Morgan fingerprint density at radius 2 is 2.08 bits per heavy atom. The molecule has 1 N–H and O–H groups in total. The van der Waals surface area contributed by atoms with E-state index in [4.69, 9.17) is 0 Å². The van der Waals surface area contributed by atoms with Crippen LogP contribution in [0.1, 0.15) is 38.5 Å². The molecule has 0 unspecified atom stereocenters. The van der Waals surface area contributed by atoms with Gasteiger partial charge in [0.15, 0.2) is 0 Å². The molecule has 1 saturated carbocycles. The van der Waals surface area contributed by atoms with Gasteiger partial charge in [-0.25, -0.2) is 8.78 Å². The van der Waals surface area contributed by atoms with Crippen LogP contribution in [0.3, 0.4) is 0 Å². The van der Waals surface area contributed by atoms with Crippen LogP contribution in [-0.4, -0.2) is 17.6 Å². The van der Waals surface area contributed by atoms with E-state index in [0.29, 0.717) is 12.3 Å². The Balaban J connectivity index is 2.06. The van der Waals surface area contributed by atoms with E-state index < -0.39 is 6.43 Å². The summed E-state index contributed by atoms with van der Waals surface area (Å²) in [5.74, 6) is 0.295. The summed E-state index contributed by atoms with van der Waals surface area (Å²) >= 11 is 0. The molecule has 1 fully saturated rings. The Labute approximate surface area is 71.8 Å². The van der Waals surface area contributed by atoms with Crippen LogP contribution in [0.25, 0.3) is 0 Å². The molecule has 0 aromatic rings. The summed E-state index contributed by atoms with van der Waals surface area (Å²) in [5.41, 5.74) is 0. The topological polar surface area (TPSA) is 20.2 Å². The molecule has 2 atom stereocenters. The highest BCUT2D eigenvalue weighted by molar-refractivity contribution is 4.76. The van der Waals surface area contributed by atoms with Gasteiger partial charge in [-0.05, 0) is 31.6 Å². The van der Waals surface area contributed by atoms with Crippen LogP contribution < -0.4 is 0 Å². The third kappa shape index (κ3) is 3.05. The molecule has 12 heavy (non-hydrogen) atoms. The minimum absolute atomic E-state index is 0.0107. The molecule has 0 aliphatic heterocycles. The van der Waals surface area contributed by atoms with Crippen LogP contribution in [0.15, 0.2) is 0 Å². The Morgan fingerprint density at radius 3 is 2.58 bits per heavy atom. The molecule has 0 saturated heterocycles. The second kappa shape index (κ2) is 4.75. The third-order valence-corrected chi connectivity index (χ3v) is 2.62. The summed E-state index contributed by atoms with van der Waals surface area (Å²) in [6, 6.07) is 0. The fraction of sp³-hybridized carbons (Fsp3) is 1.00. The summed E-state index contributed by atoms with van der Waals surface area (Å²) in [6.45, 7) is 0. The number of aliphatic hydroxyl groups excluding tert-OH is 1. The zero-order valence-electron chi connectivity index (χ0n) is 7.18. The molecule has 72 valence electrons. The van der Waals surface area contributed by atoms with Gasteiger partial charge in [-0.15, -0.1) is 0 Å². The highest BCUT2D eigenvalue weighted by Crippen LogP contribution is 2.29. The van der Waals surface area contributed by atoms with Crippen molar-refractivity contribution in [1.82, 2.24) is 0 Å². The van der Waals surface area contributed by atoms with Crippen molar-refractivity contribution in [2.24, 2.45) is 5.92 Å². The van der Waals surface area contributed by atoms with Crippen LogP contribution in [0.2, 0.25) is 0 Å². The second-order valence-corrected chi connectivity index (χ2v) is 3.58. The first-order valence-corrected chi connectivity index (χ1v) is 4.66. The van der Waals surface area contributed by atoms with E-state index in [2.05, 4.69) is 0 Å². The van der Waals surface area contributed by atoms with Gasteiger partial charge in [0.25, 0.3) is 0 Å². The maximum Gasteiger partial charge on any atom is 0.238 e. The molecule has 0 amide bonds. The van der Waals surface area contributed by atoms with Gasteiger partial charge in [-0.2, -0.15) is 0 Å². The van der Waals surface area contributed by atoms with Crippen LogP contribution >= 0.6 is 0 Å². The number of hydrogen-bond donors (Lipinski definition) is 1. The second-order valence-electron chi connectivity index (χ2n) is 3.58. The van der Waals surface area contributed by atoms with E-state index >= 15 is 0 Å². The lowest BCUT2D eigenvalue weighted by Crippen LogP contribution is -2.12. The van der Waals surface area contributed by atoms with Crippen molar-refractivity contribution in [2.45, 2.75) is 51.1 Å². The van der Waals surface area contributed by atoms with Gasteiger partial charge in [0.2, 0.25) is 6.43 Å². The summed E-state index contributed by atoms with van der Waals surface area (Å²) in [4.78, 5) is 0. The van der Waals surface area contributed by atoms with E-state index in [1.807, 2.05) is 0 Å². The summed E-state index contributed by atoms with van der Waals surface area (Å²) in [5, 5.41) is 9.37. The smallest absolute Gasteiger partial charge is 0.238 e. The molecule has 0 aromatic carbocycles. The lowest BCUT2D eigenvalue weighted by molar-refractivity contribution is 0.109. The SMILES string of the molecule is O[C@@H]1CCC[C@H]1CCCC(F)F. The first-order chi connectivity index (χ1) is 5.70. The van der Waals surface area contributed by atoms with E-state index in [1.165, 1.54) is 0 Å². The van der Waals surface area contributed by atoms with Gasteiger partial charge >= 0.3 is 0 Å². The molecule has 3 heteroatoms. The van der Waals surface area contributed by atoms with E-state index in [-0.39, 0.29) is 12.5 Å². The highest BCUT2D eigenvalue weighted by atomic mass is 19.3. The van der Waals surface area contributed by atoms with Gasteiger partial charge in [-0.1, -0.05) is 6.42 Å². The first kappa shape index (κ1) is 9.90. The number of halogens is 2. The maximum absolute atomic E-state index is 11.7. The molecule has 1 aliphatic carbocycles. The molecule has 1 aliphatic rings. The average molecular weight is 178 g/mol. The predicted octanol–water partition coefficient (Wildman–Crippen LogP) is 2.58. The summed E-state index contributed by atoms with van der Waals surface area (Å²) in [7, 11) is 0. The minimum Gasteiger partial charge on any atom is -0.393 e. The fourth-order valence-corrected chi connectivity index (χ4v) is 1.89.